The molecule has 0 heterocycles. The average molecular weight is 353 g/mol. The molecule has 18 heavy (non-hydrogen) atoms. The molecule has 1 aliphatic rings. The number of benzene rings is 1. The van der Waals surface area contributed by atoms with E-state index < -0.39 is 0 Å². The van der Waals surface area contributed by atoms with Crippen molar-refractivity contribution in [2.45, 2.75) is 37.8 Å². The van der Waals surface area contributed by atoms with E-state index in [1.807, 2.05) is 12.1 Å². The lowest BCUT2D eigenvalue weighted by molar-refractivity contribution is 0.0682. The lowest BCUT2D eigenvalue weighted by atomic mass is 9.93. The van der Waals surface area contributed by atoms with Gasteiger partial charge >= 0.3 is 0 Å². The van der Waals surface area contributed by atoms with Crippen LogP contribution in [0.2, 0.25) is 10.0 Å². The van der Waals surface area contributed by atoms with Gasteiger partial charge in [-0.2, -0.15) is 0 Å². The fraction of sp³-hybridized carbons (Fsp3) is 0.538. The molecule has 1 N–H and O–H groups in total. The van der Waals surface area contributed by atoms with Gasteiger partial charge in [0.2, 0.25) is 0 Å². The maximum atomic E-state index is 6.22. The van der Waals surface area contributed by atoms with E-state index in [-0.39, 0.29) is 0 Å². The van der Waals surface area contributed by atoms with Crippen LogP contribution in [0, 0.1) is 0 Å². The van der Waals surface area contributed by atoms with E-state index in [0.29, 0.717) is 22.2 Å². The molecule has 100 valence electrons. The van der Waals surface area contributed by atoms with Crippen LogP contribution in [0.15, 0.2) is 16.6 Å². The number of ether oxygens (including phenoxy) is 1. The summed E-state index contributed by atoms with van der Waals surface area (Å²) in [4.78, 5) is 0. The largest absolute Gasteiger partial charge is 0.381 e. The molecule has 1 aromatic rings. The fourth-order valence-electron chi connectivity index (χ4n) is 2.30. The summed E-state index contributed by atoms with van der Waals surface area (Å²) in [5.74, 6) is 0. The maximum absolute atomic E-state index is 6.22. The second-order valence-corrected chi connectivity index (χ2v) is 6.19. The van der Waals surface area contributed by atoms with Crippen LogP contribution in [0.25, 0.3) is 0 Å². The van der Waals surface area contributed by atoms with E-state index in [9.17, 15) is 0 Å². The number of rotatable bonds is 3. The van der Waals surface area contributed by atoms with Crippen LogP contribution in [0.3, 0.4) is 0 Å². The van der Waals surface area contributed by atoms with Crippen molar-refractivity contribution in [2.75, 3.05) is 12.4 Å². The predicted molar refractivity (Wildman–Crippen MR) is 80.8 cm³/mol. The molecule has 0 spiro atoms. The van der Waals surface area contributed by atoms with Gasteiger partial charge in [-0.15, -0.1) is 0 Å². The Hall–Kier alpha value is 0.0400. The zero-order chi connectivity index (χ0) is 13.1. The predicted octanol–water partition coefficient (Wildman–Crippen LogP) is 5.13. The third-order valence-corrected chi connectivity index (χ3v) is 5.17. The summed E-state index contributed by atoms with van der Waals surface area (Å²) in [6.45, 7) is 0. The lowest BCUT2D eigenvalue weighted by Gasteiger charge is -2.29. The van der Waals surface area contributed by atoms with Gasteiger partial charge in [-0.25, -0.2) is 0 Å². The standard InChI is InChI=1S/C13H16BrCl2NO/c1-18-9-4-2-8(3-5-9)17-11-7-6-10(14)12(15)13(11)16/h6-9,17H,2-5H2,1H3. The van der Waals surface area contributed by atoms with Crippen LogP contribution in [0.4, 0.5) is 5.69 Å². The molecule has 5 heteroatoms. The van der Waals surface area contributed by atoms with E-state index in [1.165, 1.54) is 0 Å². The average Bonchev–Trinajstić information content (AvgIpc) is 2.40. The minimum absolute atomic E-state index is 0.409. The molecular weight excluding hydrogens is 337 g/mol. The van der Waals surface area contributed by atoms with E-state index >= 15 is 0 Å². The topological polar surface area (TPSA) is 21.3 Å². The SMILES string of the molecule is COC1CCC(Nc2ccc(Br)c(Cl)c2Cl)CC1. The number of anilines is 1. The molecule has 1 saturated carbocycles. The van der Waals surface area contributed by atoms with Crippen LogP contribution in [-0.4, -0.2) is 19.3 Å². The molecule has 0 bridgehead atoms. The van der Waals surface area contributed by atoms with E-state index in [4.69, 9.17) is 27.9 Å². The van der Waals surface area contributed by atoms with Crippen LogP contribution < -0.4 is 5.32 Å². The lowest BCUT2D eigenvalue weighted by Crippen LogP contribution is -2.29. The molecule has 0 atom stereocenters. The molecule has 2 nitrogen and oxygen atoms in total. The fourth-order valence-corrected chi connectivity index (χ4v) is 3.13. The van der Waals surface area contributed by atoms with Crippen LogP contribution in [0.1, 0.15) is 25.7 Å². The smallest absolute Gasteiger partial charge is 0.0835 e. The normalized spacial score (nSPS) is 24.0. The highest BCUT2D eigenvalue weighted by Crippen LogP contribution is 2.37. The van der Waals surface area contributed by atoms with Gasteiger partial charge in [0.25, 0.3) is 0 Å². The van der Waals surface area contributed by atoms with Gasteiger partial charge in [-0.1, -0.05) is 23.2 Å². The minimum atomic E-state index is 0.409. The summed E-state index contributed by atoms with van der Waals surface area (Å²) in [6.07, 6.45) is 4.80. The summed E-state index contributed by atoms with van der Waals surface area (Å²) in [6, 6.07) is 4.32. The van der Waals surface area contributed by atoms with E-state index in [1.54, 1.807) is 7.11 Å². The van der Waals surface area contributed by atoms with Crippen molar-refractivity contribution in [3.8, 4) is 0 Å². The number of hydrogen-bond acceptors (Lipinski definition) is 2. The first-order valence-electron chi connectivity index (χ1n) is 6.04. The first kappa shape index (κ1) is 14.4. The second-order valence-electron chi connectivity index (χ2n) is 4.58. The zero-order valence-corrected chi connectivity index (χ0v) is 13.3. The Kier molecular flexibility index (Phi) is 5.19. The maximum Gasteiger partial charge on any atom is 0.0835 e. The first-order valence-corrected chi connectivity index (χ1v) is 7.59. The molecule has 1 aromatic carbocycles. The molecular formula is C13H16BrCl2NO. The second kappa shape index (κ2) is 6.47. The Morgan fingerprint density at radius 1 is 1.17 bits per heavy atom. The van der Waals surface area contributed by atoms with Gasteiger partial charge in [0.15, 0.2) is 0 Å². The number of methoxy groups -OCH3 is 1. The summed E-state index contributed by atoms with van der Waals surface area (Å²) in [5, 5.41) is 4.61. The zero-order valence-electron chi connectivity index (χ0n) is 10.2. The molecule has 0 radical (unpaired) electrons. The highest BCUT2D eigenvalue weighted by atomic mass is 79.9. The third kappa shape index (κ3) is 3.32. The van der Waals surface area contributed by atoms with Crippen molar-refractivity contribution >= 4 is 44.8 Å². The monoisotopic (exact) mass is 351 g/mol. The molecule has 2 rings (SSSR count). The summed E-state index contributed by atoms with van der Waals surface area (Å²) < 4.78 is 6.19. The quantitative estimate of drug-likeness (QED) is 0.761. The highest BCUT2D eigenvalue weighted by molar-refractivity contribution is 9.10. The van der Waals surface area contributed by atoms with Crippen LogP contribution >= 0.6 is 39.1 Å². The molecule has 0 amide bonds. The minimum Gasteiger partial charge on any atom is -0.381 e. The van der Waals surface area contributed by atoms with Crippen LogP contribution in [-0.2, 0) is 4.74 Å². The van der Waals surface area contributed by atoms with Gasteiger partial charge < -0.3 is 10.1 Å². The Morgan fingerprint density at radius 3 is 2.44 bits per heavy atom. The van der Waals surface area contributed by atoms with Crippen molar-refractivity contribution < 1.29 is 4.74 Å². The van der Waals surface area contributed by atoms with Gasteiger partial charge in [-0.3, -0.25) is 0 Å². The van der Waals surface area contributed by atoms with Gasteiger partial charge in [0.1, 0.15) is 0 Å². The number of halogens is 3. The van der Waals surface area contributed by atoms with E-state index in [0.717, 1.165) is 35.8 Å². The van der Waals surface area contributed by atoms with Crippen LogP contribution in [0.5, 0.6) is 0 Å². The third-order valence-electron chi connectivity index (χ3n) is 3.40. The molecule has 1 fully saturated rings. The Morgan fingerprint density at radius 2 is 1.83 bits per heavy atom. The van der Waals surface area contributed by atoms with Crippen molar-refractivity contribution in [1.82, 2.24) is 0 Å². The molecule has 1 aliphatic carbocycles. The Bertz CT molecular complexity index is 420. The molecule has 0 aliphatic heterocycles. The van der Waals surface area contributed by atoms with E-state index in [2.05, 4.69) is 21.2 Å². The van der Waals surface area contributed by atoms with Gasteiger partial charge in [0, 0.05) is 17.6 Å². The summed E-state index contributed by atoms with van der Waals surface area (Å²) >= 11 is 15.7. The molecule has 0 unspecified atom stereocenters. The summed E-state index contributed by atoms with van der Waals surface area (Å²) in [7, 11) is 1.78. The highest BCUT2D eigenvalue weighted by Gasteiger charge is 2.21. The summed E-state index contributed by atoms with van der Waals surface area (Å²) in [5.41, 5.74) is 0.908. The van der Waals surface area contributed by atoms with Gasteiger partial charge in [0.05, 0.1) is 21.8 Å². The Balaban J connectivity index is 2.00. The first-order chi connectivity index (χ1) is 8.61. The van der Waals surface area contributed by atoms with Crippen molar-refractivity contribution in [2.24, 2.45) is 0 Å². The molecule has 0 saturated heterocycles. The number of hydrogen-bond donors (Lipinski definition) is 1. The number of nitrogens with one attached hydrogen (secondary N) is 1. The van der Waals surface area contributed by atoms with Crippen molar-refractivity contribution in [3.05, 3.63) is 26.7 Å². The Labute approximate surface area is 126 Å². The van der Waals surface area contributed by atoms with Crippen molar-refractivity contribution in [1.29, 1.82) is 0 Å². The van der Waals surface area contributed by atoms with Gasteiger partial charge in [-0.05, 0) is 53.7 Å². The molecule has 0 aromatic heterocycles. The van der Waals surface area contributed by atoms with Crippen molar-refractivity contribution in [3.63, 3.8) is 0 Å².